The molecule has 3 heterocycles. The largest absolute Gasteiger partial charge is 0.305 e. The summed E-state index contributed by atoms with van der Waals surface area (Å²) in [5, 5.41) is 0.523. The summed E-state index contributed by atoms with van der Waals surface area (Å²) in [7, 11) is 0. The zero-order valence-corrected chi connectivity index (χ0v) is 19.5. The number of halogens is 3. The van der Waals surface area contributed by atoms with Crippen LogP contribution in [0.1, 0.15) is 18.0 Å². The van der Waals surface area contributed by atoms with Gasteiger partial charge in [0.1, 0.15) is 17.5 Å². The lowest BCUT2D eigenvalue weighted by molar-refractivity contribution is -0.121. The van der Waals surface area contributed by atoms with E-state index in [-0.39, 0.29) is 30.7 Å². The molecular formula is C26H23ClF2N4O2. The van der Waals surface area contributed by atoms with Crippen molar-refractivity contribution in [3.05, 3.63) is 89.1 Å². The first kappa shape index (κ1) is 23.4. The van der Waals surface area contributed by atoms with Crippen LogP contribution in [0.5, 0.6) is 0 Å². The first-order valence-corrected chi connectivity index (χ1v) is 11.7. The third kappa shape index (κ3) is 4.90. The van der Waals surface area contributed by atoms with Gasteiger partial charge in [0.2, 0.25) is 11.8 Å². The lowest BCUT2D eigenvalue weighted by Crippen LogP contribution is -2.52. The molecule has 2 fully saturated rings. The highest BCUT2D eigenvalue weighted by atomic mass is 35.5. The summed E-state index contributed by atoms with van der Waals surface area (Å²) < 4.78 is 28.3. The second-order valence-corrected chi connectivity index (χ2v) is 9.26. The van der Waals surface area contributed by atoms with Gasteiger partial charge in [0.15, 0.2) is 0 Å². The highest BCUT2D eigenvalue weighted by Crippen LogP contribution is 2.42. The van der Waals surface area contributed by atoms with Gasteiger partial charge >= 0.3 is 0 Å². The Labute approximate surface area is 206 Å². The molecule has 0 spiro atoms. The molecule has 0 radical (unpaired) electrons. The van der Waals surface area contributed by atoms with Crippen LogP contribution < -0.4 is 9.80 Å². The van der Waals surface area contributed by atoms with Gasteiger partial charge in [-0.05, 0) is 54.1 Å². The van der Waals surface area contributed by atoms with Crippen LogP contribution in [0, 0.1) is 17.6 Å². The Balaban J connectivity index is 1.41. The molecule has 35 heavy (non-hydrogen) atoms. The summed E-state index contributed by atoms with van der Waals surface area (Å²) >= 11 is 6.03. The lowest BCUT2D eigenvalue weighted by Gasteiger charge is -2.36. The molecule has 0 saturated carbocycles. The minimum atomic E-state index is -0.701. The Morgan fingerprint density at radius 2 is 1.69 bits per heavy atom. The van der Waals surface area contributed by atoms with Crippen LogP contribution in [0.15, 0.2) is 66.9 Å². The Bertz CT molecular complexity index is 1220. The smallest absolute Gasteiger partial charge is 0.242 e. The van der Waals surface area contributed by atoms with Crippen molar-refractivity contribution in [2.75, 3.05) is 36.0 Å². The van der Waals surface area contributed by atoms with Crippen LogP contribution in [-0.2, 0) is 9.59 Å². The standard InChI is InChI=1S/C26H23ClF2N4O2/c27-19-4-6-22(7-5-19)33-24(34)13-18(26(33)17-11-20(28)14-21(29)12-17)15-31-9-10-32(25(35)16-31)23-3-1-2-8-30-23/h1-8,11-12,14,18,26H,9-10,13,15-16H2/t18-,26-/m0/s1. The Hall–Kier alpha value is -3.36. The minimum absolute atomic E-state index is 0.0813. The number of anilines is 2. The molecule has 2 atom stereocenters. The summed E-state index contributed by atoms with van der Waals surface area (Å²) in [6.07, 6.45) is 1.84. The van der Waals surface area contributed by atoms with Crippen molar-refractivity contribution in [3.8, 4) is 0 Å². The van der Waals surface area contributed by atoms with E-state index in [2.05, 4.69) is 4.98 Å². The molecule has 0 N–H and O–H groups in total. The molecule has 2 aliphatic rings. The van der Waals surface area contributed by atoms with E-state index >= 15 is 0 Å². The zero-order chi connectivity index (χ0) is 24.5. The zero-order valence-electron chi connectivity index (χ0n) is 18.8. The third-order valence-electron chi connectivity index (χ3n) is 6.48. The number of carbonyl (C=O) groups is 2. The first-order chi connectivity index (χ1) is 16.9. The monoisotopic (exact) mass is 496 g/mol. The third-order valence-corrected chi connectivity index (χ3v) is 6.73. The molecule has 0 aliphatic carbocycles. The van der Waals surface area contributed by atoms with E-state index in [1.807, 2.05) is 11.0 Å². The van der Waals surface area contributed by atoms with E-state index in [9.17, 15) is 18.4 Å². The Morgan fingerprint density at radius 1 is 0.943 bits per heavy atom. The average Bonchev–Trinajstić information content (AvgIpc) is 3.15. The molecule has 2 aliphatic heterocycles. The maximum atomic E-state index is 14.2. The number of benzene rings is 2. The molecule has 5 rings (SSSR count). The van der Waals surface area contributed by atoms with E-state index < -0.39 is 17.7 Å². The minimum Gasteiger partial charge on any atom is -0.305 e. The van der Waals surface area contributed by atoms with Crippen molar-refractivity contribution in [3.63, 3.8) is 0 Å². The number of carbonyl (C=O) groups excluding carboxylic acids is 2. The molecule has 2 saturated heterocycles. The Kier molecular flexibility index (Phi) is 6.49. The number of pyridine rings is 1. The summed E-state index contributed by atoms with van der Waals surface area (Å²) in [4.78, 5) is 35.5. The second kappa shape index (κ2) is 9.71. The fraction of sp³-hybridized carbons (Fsp3) is 0.269. The Morgan fingerprint density at radius 3 is 2.34 bits per heavy atom. The van der Waals surface area contributed by atoms with E-state index in [0.717, 1.165) is 6.07 Å². The molecule has 3 aromatic rings. The molecule has 0 unspecified atom stereocenters. The number of aromatic nitrogens is 1. The maximum Gasteiger partial charge on any atom is 0.242 e. The number of rotatable bonds is 5. The number of amides is 2. The van der Waals surface area contributed by atoms with Gasteiger partial charge in [0.05, 0.1) is 12.6 Å². The predicted molar refractivity (Wildman–Crippen MR) is 129 cm³/mol. The van der Waals surface area contributed by atoms with Crippen molar-refractivity contribution in [2.45, 2.75) is 12.5 Å². The fourth-order valence-electron chi connectivity index (χ4n) is 5.00. The fourth-order valence-corrected chi connectivity index (χ4v) is 5.13. The molecule has 2 aromatic carbocycles. The average molecular weight is 497 g/mol. The molecule has 180 valence electrons. The summed E-state index contributed by atoms with van der Waals surface area (Å²) in [6.45, 7) is 1.67. The van der Waals surface area contributed by atoms with Crippen LogP contribution in [0.2, 0.25) is 5.02 Å². The number of nitrogens with zero attached hydrogens (tertiary/aromatic N) is 4. The SMILES string of the molecule is O=C1CN(C[C@@H]2CC(=O)N(c3ccc(Cl)cc3)[C@H]2c2cc(F)cc(F)c2)CCN1c1ccccn1. The summed E-state index contributed by atoms with van der Waals surface area (Å²) in [6, 6.07) is 15.0. The normalized spacial score (nSPS) is 21.1. The van der Waals surface area contributed by atoms with Gasteiger partial charge in [-0.3, -0.25) is 19.4 Å². The van der Waals surface area contributed by atoms with E-state index in [4.69, 9.17) is 11.6 Å². The maximum absolute atomic E-state index is 14.2. The van der Waals surface area contributed by atoms with Gasteiger partial charge in [-0.1, -0.05) is 17.7 Å². The number of piperazine rings is 1. The molecule has 6 nitrogen and oxygen atoms in total. The van der Waals surface area contributed by atoms with Crippen LogP contribution in [-0.4, -0.2) is 47.9 Å². The second-order valence-electron chi connectivity index (χ2n) is 8.82. The molecule has 2 amide bonds. The summed E-state index contributed by atoms with van der Waals surface area (Å²) in [5.41, 5.74) is 0.986. The highest BCUT2D eigenvalue weighted by molar-refractivity contribution is 6.30. The van der Waals surface area contributed by atoms with E-state index in [0.29, 0.717) is 41.7 Å². The van der Waals surface area contributed by atoms with Gasteiger partial charge in [0, 0.05) is 54.9 Å². The van der Waals surface area contributed by atoms with Crippen LogP contribution >= 0.6 is 11.6 Å². The van der Waals surface area contributed by atoms with Gasteiger partial charge in [-0.2, -0.15) is 0 Å². The van der Waals surface area contributed by atoms with Crippen LogP contribution in [0.4, 0.5) is 20.3 Å². The lowest BCUT2D eigenvalue weighted by atomic mass is 9.92. The van der Waals surface area contributed by atoms with Crippen LogP contribution in [0.3, 0.4) is 0 Å². The number of hydrogen-bond acceptors (Lipinski definition) is 4. The number of hydrogen-bond donors (Lipinski definition) is 0. The molecular weight excluding hydrogens is 474 g/mol. The summed E-state index contributed by atoms with van der Waals surface area (Å²) in [5.74, 6) is -1.29. The van der Waals surface area contributed by atoms with Crippen LogP contribution in [0.25, 0.3) is 0 Å². The van der Waals surface area contributed by atoms with Gasteiger partial charge in [-0.15, -0.1) is 0 Å². The van der Waals surface area contributed by atoms with Gasteiger partial charge in [-0.25, -0.2) is 13.8 Å². The quantitative estimate of drug-likeness (QED) is 0.523. The van der Waals surface area contributed by atoms with Crippen molar-refractivity contribution in [1.82, 2.24) is 9.88 Å². The van der Waals surface area contributed by atoms with Crippen molar-refractivity contribution in [1.29, 1.82) is 0 Å². The molecule has 9 heteroatoms. The van der Waals surface area contributed by atoms with Crippen molar-refractivity contribution < 1.29 is 18.4 Å². The molecule has 0 bridgehead atoms. The van der Waals surface area contributed by atoms with Crippen molar-refractivity contribution in [2.24, 2.45) is 5.92 Å². The molecule has 1 aromatic heterocycles. The first-order valence-electron chi connectivity index (χ1n) is 11.4. The van der Waals surface area contributed by atoms with E-state index in [1.165, 1.54) is 12.1 Å². The topological polar surface area (TPSA) is 56.8 Å². The highest BCUT2D eigenvalue weighted by Gasteiger charge is 2.43. The van der Waals surface area contributed by atoms with E-state index in [1.54, 1.807) is 52.4 Å². The van der Waals surface area contributed by atoms with Gasteiger partial charge < -0.3 is 4.90 Å². The van der Waals surface area contributed by atoms with Gasteiger partial charge in [0.25, 0.3) is 0 Å². The van der Waals surface area contributed by atoms with Crippen molar-refractivity contribution >= 4 is 34.9 Å². The predicted octanol–water partition coefficient (Wildman–Crippen LogP) is 4.46.